The molecule has 4 rings (SSSR count). The van der Waals surface area contributed by atoms with E-state index < -0.39 is 5.97 Å². The van der Waals surface area contributed by atoms with E-state index in [1.807, 2.05) is 12.2 Å². The van der Waals surface area contributed by atoms with Gasteiger partial charge in [-0.25, -0.2) is 4.79 Å². The zero-order chi connectivity index (χ0) is 19.8. The zero-order valence-electron chi connectivity index (χ0n) is 15.5. The van der Waals surface area contributed by atoms with E-state index >= 15 is 0 Å². The van der Waals surface area contributed by atoms with Gasteiger partial charge in [0.05, 0.1) is 32.3 Å². The number of nitrogens with zero attached hydrogens (tertiary/aromatic N) is 2. The Bertz CT molecular complexity index is 863. The number of allylic oxidation sites excluding steroid dienone is 2. The van der Waals surface area contributed by atoms with Crippen molar-refractivity contribution in [2.45, 2.75) is 6.42 Å². The highest BCUT2D eigenvalue weighted by molar-refractivity contribution is 6.07. The first-order valence-corrected chi connectivity index (χ1v) is 9.02. The third-order valence-electron chi connectivity index (χ3n) is 5.55. The summed E-state index contributed by atoms with van der Waals surface area (Å²) in [6, 6.07) is 5.08. The van der Waals surface area contributed by atoms with Crippen LogP contribution in [-0.4, -0.2) is 49.8 Å². The second kappa shape index (κ2) is 7.10. The molecule has 0 aromatic heterocycles. The van der Waals surface area contributed by atoms with Gasteiger partial charge in [-0.1, -0.05) is 18.2 Å². The van der Waals surface area contributed by atoms with Gasteiger partial charge >= 0.3 is 5.97 Å². The predicted molar refractivity (Wildman–Crippen MR) is 97.7 cm³/mol. The summed E-state index contributed by atoms with van der Waals surface area (Å²) in [5.74, 6) is -0.753. The fourth-order valence-electron chi connectivity index (χ4n) is 4.26. The first-order chi connectivity index (χ1) is 13.5. The van der Waals surface area contributed by atoms with E-state index in [1.54, 1.807) is 18.2 Å². The smallest absolute Gasteiger partial charge is 0.343 e. The summed E-state index contributed by atoms with van der Waals surface area (Å²) in [5, 5.41) is 5.11. The minimum atomic E-state index is -0.547. The summed E-state index contributed by atoms with van der Waals surface area (Å²) in [7, 11) is 2.73. The van der Waals surface area contributed by atoms with E-state index in [2.05, 4.69) is 9.84 Å². The van der Waals surface area contributed by atoms with Gasteiger partial charge in [0, 0.05) is 5.56 Å². The molecule has 1 aromatic rings. The summed E-state index contributed by atoms with van der Waals surface area (Å²) < 4.78 is 15.4. The molecule has 1 saturated carbocycles. The minimum absolute atomic E-state index is 0.127. The van der Waals surface area contributed by atoms with Crippen LogP contribution in [0.2, 0.25) is 0 Å². The standard InChI is InChI=1S/C20H20N2O6/c1-26-14-5-3-4-13(18(14)28-10-15(23)27-2)9-21-22-19(24)16-11-6-7-12(8-11)17(16)20(22)25/h3-7,9,11-12,16-17H,8,10H2,1-2H3/t11-,12-,16-,17+/m0/s1. The van der Waals surface area contributed by atoms with Crippen LogP contribution in [0.4, 0.5) is 0 Å². The molecule has 1 saturated heterocycles. The Morgan fingerprint density at radius 1 is 1.18 bits per heavy atom. The number of carbonyl (C=O) groups excluding carboxylic acids is 3. The number of hydrazone groups is 1. The quantitative estimate of drug-likeness (QED) is 0.318. The number of hydrogen-bond acceptors (Lipinski definition) is 7. The highest BCUT2D eigenvalue weighted by atomic mass is 16.6. The number of rotatable bonds is 6. The molecule has 8 heteroatoms. The molecule has 1 aromatic carbocycles. The van der Waals surface area contributed by atoms with Crippen molar-refractivity contribution in [3.63, 3.8) is 0 Å². The second-order valence-electron chi connectivity index (χ2n) is 6.98. The van der Waals surface area contributed by atoms with Gasteiger partial charge in [-0.15, -0.1) is 0 Å². The van der Waals surface area contributed by atoms with E-state index in [1.165, 1.54) is 20.4 Å². The third-order valence-corrected chi connectivity index (χ3v) is 5.55. The van der Waals surface area contributed by atoms with Gasteiger partial charge in [-0.2, -0.15) is 10.1 Å². The average molecular weight is 384 g/mol. The van der Waals surface area contributed by atoms with E-state index in [4.69, 9.17) is 9.47 Å². The number of para-hydroxylation sites is 1. The molecule has 1 aliphatic heterocycles. The highest BCUT2D eigenvalue weighted by Gasteiger charge is 2.59. The molecule has 2 fully saturated rings. The second-order valence-corrected chi connectivity index (χ2v) is 6.98. The number of amides is 2. The zero-order valence-corrected chi connectivity index (χ0v) is 15.5. The number of fused-ring (bicyclic) bond motifs is 5. The molecule has 0 spiro atoms. The van der Waals surface area contributed by atoms with Crippen molar-refractivity contribution in [1.82, 2.24) is 5.01 Å². The predicted octanol–water partition coefficient (Wildman–Crippen LogP) is 1.39. The molecule has 146 valence electrons. The Morgan fingerprint density at radius 3 is 2.46 bits per heavy atom. The van der Waals surface area contributed by atoms with Gasteiger partial charge in [-0.05, 0) is 30.4 Å². The van der Waals surface area contributed by atoms with Gasteiger partial charge in [0.1, 0.15) is 0 Å². The van der Waals surface area contributed by atoms with E-state index in [-0.39, 0.29) is 47.8 Å². The molecule has 2 bridgehead atoms. The summed E-state index contributed by atoms with van der Waals surface area (Å²) >= 11 is 0. The number of ether oxygens (including phenoxy) is 3. The summed E-state index contributed by atoms with van der Waals surface area (Å²) in [6.45, 7) is -0.307. The number of methoxy groups -OCH3 is 2. The van der Waals surface area contributed by atoms with Gasteiger partial charge < -0.3 is 14.2 Å². The van der Waals surface area contributed by atoms with Crippen molar-refractivity contribution in [1.29, 1.82) is 0 Å². The fraction of sp³-hybridized carbons (Fsp3) is 0.400. The molecule has 8 nitrogen and oxygen atoms in total. The Kier molecular flexibility index (Phi) is 4.62. The lowest BCUT2D eigenvalue weighted by Gasteiger charge is -2.14. The van der Waals surface area contributed by atoms with Crippen molar-refractivity contribution >= 4 is 24.0 Å². The van der Waals surface area contributed by atoms with Crippen molar-refractivity contribution < 1.29 is 28.6 Å². The molecule has 3 aliphatic rings. The summed E-state index contributed by atoms with van der Waals surface area (Å²) in [6.07, 6.45) is 6.31. The number of benzene rings is 1. The van der Waals surface area contributed by atoms with Crippen LogP contribution in [0.1, 0.15) is 12.0 Å². The molecule has 0 radical (unpaired) electrons. The monoisotopic (exact) mass is 384 g/mol. The van der Waals surface area contributed by atoms with Crippen LogP contribution in [0, 0.1) is 23.7 Å². The van der Waals surface area contributed by atoms with Crippen LogP contribution in [0.15, 0.2) is 35.5 Å². The van der Waals surface area contributed by atoms with Gasteiger partial charge in [0.25, 0.3) is 11.8 Å². The van der Waals surface area contributed by atoms with Gasteiger partial charge in [0.15, 0.2) is 18.1 Å². The number of carbonyl (C=O) groups is 3. The topological polar surface area (TPSA) is 94.5 Å². The largest absolute Gasteiger partial charge is 0.493 e. The van der Waals surface area contributed by atoms with Crippen molar-refractivity contribution in [3.8, 4) is 11.5 Å². The van der Waals surface area contributed by atoms with E-state index in [0.29, 0.717) is 11.3 Å². The van der Waals surface area contributed by atoms with Crippen LogP contribution in [0.25, 0.3) is 0 Å². The van der Waals surface area contributed by atoms with Gasteiger partial charge in [0.2, 0.25) is 0 Å². The molecule has 0 N–H and O–H groups in total. The van der Waals surface area contributed by atoms with Gasteiger partial charge in [-0.3, -0.25) is 9.59 Å². The first-order valence-electron chi connectivity index (χ1n) is 9.02. The fourth-order valence-corrected chi connectivity index (χ4v) is 4.26. The molecular formula is C20H20N2O6. The Hall–Kier alpha value is -3.16. The van der Waals surface area contributed by atoms with Crippen LogP contribution >= 0.6 is 0 Å². The van der Waals surface area contributed by atoms with Crippen LogP contribution < -0.4 is 9.47 Å². The molecule has 4 atom stereocenters. The minimum Gasteiger partial charge on any atom is -0.493 e. The van der Waals surface area contributed by atoms with E-state index in [0.717, 1.165) is 11.4 Å². The average Bonchev–Trinajstić information content (AvgIpc) is 3.39. The van der Waals surface area contributed by atoms with Crippen LogP contribution in [-0.2, 0) is 19.1 Å². The first kappa shape index (κ1) is 18.2. The summed E-state index contributed by atoms with van der Waals surface area (Å²) in [4.78, 5) is 36.8. The Labute approximate surface area is 161 Å². The Morgan fingerprint density at radius 2 is 1.86 bits per heavy atom. The lowest BCUT2D eigenvalue weighted by Crippen LogP contribution is -2.28. The van der Waals surface area contributed by atoms with Crippen molar-refractivity contribution in [3.05, 3.63) is 35.9 Å². The highest BCUT2D eigenvalue weighted by Crippen LogP contribution is 2.52. The number of esters is 1. The molecule has 2 amide bonds. The van der Waals surface area contributed by atoms with Crippen molar-refractivity contribution in [2.24, 2.45) is 28.8 Å². The lowest BCUT2D eigenvalue weighted by molar-refractivity contribution is -0.143. The third kappa shape index (κ3) is 2.85. The Balaban J connectivity index is 1.57. The molecule has 0 unspecified atom stereocenters. The SMILES string of the molecule is COC(=O)COc1c(C=NN2C(=O)[C@@H]3[C@H](C2=O)[C@H]2C=C[C@H]3C2)cccc1OC. The van der Waals surface area contributed by atoms with E-state index in [9.17, 15) is 14.4 Å². The molecule has 28 heavy (non-hydrogen) atoms. The molecule has 1 heterocycles. The number of hydrogen-bond donors (Lipinski definition) is 0. The van der Waals surface area contributed by atoms with Crippen molar-refractivity contribution in [2.75, 3.05) is 20.8 Å². The normalized spacial score (nSPS) is 27.6. The summed E-state index contributed by atoms with van der Waals surface area (Å²) in [5.41, 5.74) is 0.474. The maximum atomic E-state index is 12.7. The molecule has 2 aliphatic carbocycles. The van der Waals surface area contributed by atoms with Crippen LogP contribution in [0.3, 0.4) is 0 Å². The maximum Gasteiger partial charge on any atom is 0.343 e. The number of imide groups is 1. The maximum absolute atomic E-state index is 12.7. The molecular weight excluding hydrogens is 364 g/mol. The lowest BCUT2D eigenvalue weighted by atomic mass is 9.85. The van der Waals surface area contributed by atoms with Crippen LogP contribution in [0.5, 0.6) is 11.5 Å².